The Morgan fingerprint density at radius 3 is 2.57 bits per heavy atom. The smallest absolute Gasteiger partial charge is 0.355 e. The number of nitrogens with zero attached hydrogens (tertiary/aromatic N) is 7. The van der Waals surface area contributed by atoms with Crippen molar-refractivity contribution in [1.29, 1.82) is 5.26 Å². The van der Waals surface area contributed by atoms with Crippen molar-refractivity contribution in [3.05, 3.63) is 24.3 Å². The first-order valence-electron chi connectivity index (χ1n) is 9.59. The molecule has 0 unspecified atom stereocenters. The molecule has 2 saturated heterocycles. The second-order valence-electron chi connectivity index (χ2n) is 7.75. The van der Waals surface area contributed by atoms with Crippen LogP contribution in [-0.2, 0) is 11.8 Å². The van der Waals surface area contributed by atoms with Gasteiger partial charge in [-0.05, 0) is 19.3 Å². The van der Waals surface area contributed by atoms with Crippen molar-refractivity contribution in [1.82, 2.24) is 24.6 Å². The summed E-state index contributed by atoms with van der Waals surface area (Å²) >= 11 is 0. The average Bonchev–Trinajstić information content (AvgIpc) is 3.26. The third-order valence-electron chi connectivity index (χ3n) is 5.88. The van der Waals surface area contributed by atoms with E-state index < -0.39 is 24.2 Å². The number of anilines is 1. The van der Waals surface area contributed by atoms with Gasteiger partial charge in [-0.2, -0.15) is 23.5 Å². The van der Waals surface area contributed by atoms with Gasteiger partial charge >= 0.3 is 6.18 Å². The Kier molecular flexibility index (Phi) is 4.88. The Hall–Kier alpha value is -3.16. The van der Waals surface area contributed by atoms with E-state index in [1.165, 1.54) is 6.20 Å². The van der Waals surface area contributed by atoms with E-state index >= 15 is 0 Å². The van der Waals surface area contributed by atoms with E-state index in [0.29, 0.717) is 49.4 Å². The molecule has 4 heterocycles. The number of hydrogen-bond donors (Lipinski definition) is 0. The summed E-state index contributed by atoms with van der Waals surface area (Å²) in [7, 11) is 1.76. The molecule has 0 aromatic carbocycles. The van der Waals surface area contributed by atoms with Crippen LogP contribution in [0.1, 0.15) is 31.4 Å². The van der Waals surface area contributed by atoms with Gasteiger partial charge < -0.3 is 9.80 Å². The third kappa shape index (κ3) is 3.69. The van der Waals surface area contributed by atoms with Gasteiger partial charge in [0.05, 0.1) is 12.4 Å². The zero-order valence-electron chi connectivity index (χ0n) is 16.4. The lowest BCUT2D eigenvalue weighted by atomic mass is 9.85. The summed E-state index contributed by atoms with van der Waals surface area (Å²) in [4.78, 5) is 23.9. The summed E-state index contributed by atoms with van der Waals surface area (Å²) in [5, 5.41) is 13.5. The summed E-state index contributed by atoms with van der Waals surface area (Å²) in [5.74, 6) is 0.118. The predicted molar refractivity (Wildman–Crippen MR) is 100 cm³/mol. The van der Waals surface area contributed by atoms with Crippen LogP contribution in [0.5, 0.6) is 0 Å². The van der Waals surface area contributed by atoms with Crippen LogP contribution in [-0.4, -0.2) is 61.9 Å². The van der Waals surface area contributed by atoms with Crippen LogP contribution in [0.3, 0.4) is 0 Å². The molecule has 2 fully saturated rings. The maximum Gasteiger partial charge on any atom is 0.406 e. The lowest BCUT2D eigenvalue weighted by Gasteiger charge is -2.45. The third-order valence-corrected chi connectivity index (χ3v) is 5.88. The van der Waals surface area contributed by atoms with Crippen molar-refractivity contribution in [3.63, 3.8) is 0 Å². The van der Waals surface area contributed by atoms with Crippen molar-refractivity contribution in [2.24, 2.45) is 7.05 Å². The van der Waals surface area contributed by atoms with E-state index in [1.807, 2.05) is 11.0 Å². The summed E-state index contributed by atoms with van der Waals surface area (Å²) in [6.07, 6.45) is 1.87. The molecule has 30 heavy (non-hydrogen) atoms. The van der Waals surface area contributed by atoms with Gasteiger partial charge in [0.15, 0.2) is 5.69 Å². The summed E-state index contributed by atoms with van der Waals surface area (Å²) in [5.41, 5.74) is 0.501. The normalized spacial score (nSPS) is 18.8. The summed E-state index contributed by atoms with van der Waals surface area (Å²) < 4.78 is 40.5. The maximum absolute atomic E-state index is 13.0. The van der Waals surface area contributed by atoms with Crippen LogP contribution >= 0.6 is 0 Å². The highest BCUT2D eigenvalue weighted by molar-refractivity contribution is 5.80. The Morgan fingerprint density at radius 2 is 1.97 bits per heavy atom. The minimum atomic E-state index is -4.42. The molecule has 2 aromatic heterocycles. The molecule has 0 atom stereocenters. The van der Waals surface area contributed by atoms with Crippen molar-refractivity contribution < 1.29 is 18.0 Å². The molecule has 8 nitrogen and oxygen atoms in total. The number of carbonyl (C=O) groups excluding carboxylic acids is 1. The lowest BCUT2D eigenvalue weighted by Crippen LogP contribution is -2.55. The van der Waals surface area contributed by atoms with Gasteiger partial charge in [-0.1, -0.05) is 0 Å². The fourth-order valence-electron chi connectivity index (χ4n) is 4.34. The summed E-state index contributed by atoms with van der Waals surface area (Å²) in [6, 6.07) is 2.03. The Morgan fingerprint density at radius 1 is 1.23 bits per heavy atom. The van der Waals surface area contributed by atoms with Crippen molar-refractivity contribution in [3.8, 4) is 17.3 Å². The highest BCUT2D eigenvalue weighted by atomic mass is 19.4. The van der Waals surface area contributed by atoms with Crippen LogP contribution < -0.4 is 4.90 Å². The fourth-order valence-corrected chi connectivity index (χ4v) is 4.34. The second kappa shape index (κ2) is 7.27. The van der Waals surface area contributed by atoms with Crippen LogP contribution in [0.15, 0.2) is 18.6 Å². The molecule has 11 heteroatoms. The molecular formula is C19H20F3N7O. The average molecular weight is 419 g/mol. The minimum Gasteiger partial charge on any atom is -0.355 e. The van der Waals surface area contributed by atoms with Gasteiger partial charge in [-0.15, -0.1) is 0 Å². The maximum atomic E-state index is 13.0. The SMILES string of the molecule is Cn1cc(-c2nc(N3CCC4(CCC(=O)N4CC(F)(F)F)CC3)cnc2C#N)cn1. The molecule has 2 aromatic rings. The van der Waals surface area contributed by atoms with E-state index in [9.17, 15) is 23.2 Å². The number of rotatable bonds is 3. The van der Waals surface area contributed by atoms with Gasteiger partial charge in [-0.25, -0.2) is 9.97 Å². The van der Waals surface area contributed by atoms with E-state index in [-0.39, 0.29) is 12.1 Å². The van der Waals surface area contributed by atoms with Crippen LogP contribution in [0.4, 0.5) is 19.0 Å². The molecule has 4 rings (SSSR count). The standard InChI is InChI=1S/C19H20F3N7O/c1-27-11-13(9-25-27)17-14(8-23)24-10-15(26-17)28-6-4-18(5-7-28)3-2-16(30)29(18)12-19(20,21)22/h9-11H,2-7,12H2,1H3. The van der Waals surface area contributed by atoms with E-state index in [1.54, 1.807) is 24.1 Å². The van der Waals surface area contributed by atoms with Gasteiger partial charge in [0.2, 0.25) is 5.91 Å². The largest absolute Gasteiger partial charge is 0.406 e. The quantitative estimate of drug-likeness (QED) is 0.758. The molecule has 0 N–H and O–H groups in total. The number of alkyl halides is 3. The number of amides is 1. The van der Waals surface area contributed by atoms with Crippen LogP contribution in [0.25, 0.3) is 11.3 Å². The topological polar surface area (TPSA) is 90.9 Å². The molecule has 0 radical (unpaired) electrons. The van der Waals surface area contributed by atoms with Crippen LogP contribution in [0.2, 0.25) is 0 Å². The Balaban J connectivity index is 1.55. The van der Waals surface area contributed by atoms with Crippen molar-refractivity contribution in [2.45, 2.75) is 37.4 Å². The predicted octanol–water partition coefficient (Wildman–Crippen LogP) is 2.27. The molecule has 0 aliphatic carbocycles. The highest BCUT2D eigenvalue weighted by Crippen LogP contribution is 2.41. The minimum absolute atomic E-state index is 0.151. The zero-order chi connectivity index (χ0) is 21.5. The van der Waals surface area contributed by atoms with E-state index in [2.05, 4.69) is 15.1 Å². The Bertz CT molecular complexity index is 1000. The molecular weight excluding hydrogens is 399 g/mol. The van der Waals surface area contributed by atoms with Gasteiger partial charge in [-0.3, -0.25) is 9.48 Å². The number of halogens is 3. The van der Waals surface area contributed by atoms with Gasteiger partial charge in [0.25, 0.3) is 0 Å². The van der Waals surface area contributed by atoms with E-state index in [0.717, 1.165) is 4.90 Å². The van der Waals surface area contributed by atoms with Crippen molar-refractivity contribution in [2.75, 3.05) is 24.5 Å². The van der Waals surface area contributed by atoms with Gasteiger partial charge in [0.1, 0.15) is 24.1 Å². The number of aryl methyl sites for hydroxylation is 1. The Labute approximate surface area is 170 Å². The first-order chi connectivity index (χ1) is 14.2. The van der Waals surface area contributed by atoms with Gasteiger partial charge in [0, 0.05) is 43.9 Å². The number of carbonyl (C=O) groups is 1. The number of piperidine rings is 1. The summed E-state index contributed by atoms with van der Waals surface area (Å²) in [6.45, 7) is -0.295. The molecule has 0 saturated carbocycles. The number of likely N-dealkylation sites (tertiary alicyclic amines) is 1. The molecule has 2 aliphatic heterocycles. The lowest BCUT2D eigenvalue weighted by molar-refractivity contribution is -0.168. The first-order valence-corrected chi connectivity index (χ1v) is 9.59. The molecule has 0 bridgehead atoms. The number of aromatic nitrogens is 4. The van der Waals surface area contributed by atoms with Crippen LogP contribution in [0, 0.1) is 11.3 Å². The molecule has 2 aliphatic rings. The molecule has 158 valence electrons. The number of hydrogen-bond acceptors (Lipinski definition) is 6. The number of nitriles is 1. The molecule has 1 amide bonds. The monoisotopic (exact) mass is 419 g/mol. The first kappa shape index (κ1) is 20.1. The van der Waals surface area contributed by atoms with Crippen molar-refractivity contribution >= 4 is 11.7 Å². The van der Waals surface area contributed by atoms with E-state index in [4.69, 9.17) is 0 Å². The fraction of sp³-hybridized carbons (Fsp3) is 0.526. The molecule has 1 spiro atoms. The zero-order valence-corrected chi connectivity index (χ0v) is 16.4. The second-order valence-corrected chi connectivity index (χ2v) is 7.75. The highest BCUT2D eigenvalue weighted by Gasteiger charge is 2.50.